The third-order valence-electron chi connectivity index (χ3n) is 4.73. The quantitative estimate of drug-likeness (QED) is 0.530. The molecule has 0 spiro atoms. The maximum Gasteiger partial charge on any atom is 0.335 e. The molecule has 1 atom stereocenters. The van der Waals surface area contributed by atoms with E-state index in [4.69, 9.17) is 0 Å². The average Bonchev–Trinajstić information content (AvgIpc) is 2.99. The molecule has 9 nitrogen and oxygen atoms in total. The maximum atomic E-state index is 13.0. The lowest BCUT2D eigenvalue weighted by atomic mass is 10.1. The van der Waals surface area contributed by atoms with E-state index in [1.165, 1.54) is 23.9 Å². The largest absolute Gasteiger partial charge is 0.478 e. The Morgan fingerprint density at radius 1 is 0.968 bits per heavy atom. The van der Waals surface area contributed by atoms with E-state index >= 15 is 0 Å². The standard InChI is InChI=1S/C21H18N2O7S/c1-31-7-6-16(23-18(25)14-4-2-3-5-15(14)19(23)26)17(24)22-13-9-11(20(27)28)8-12(10-13)21(29)30/h2-5,8-10,16H,6-7H2,1H3,(H,22,24)(H,27,28)(H,29,30). The van der Waals surface area contributed by atoms with Crippen LogP contribution in [-0.4, -0.2) is 62.8 Å². The summed E-state index contributed by atoms with van der Waals surface area (Å²) in [5.41, 5.74) is -0.299. The van der Waals surface area contributed by atoms with Crippen LogP contribution in [0.4, 0.5) is 5.69 Å². The summed E-state index contributed by atoms with van der Waals surface area (Å²) in [6, 6.07) is 8.30. The van der Waals surface area contributed by atoms with Crippen molar-refractivity contribution in [1.82, 2.24) is 4.90 Å². The highest BCUT2D eigenvalue weighted by Gasteiger charge is 2.42. The molecule has 10 heteroatoms. The first-order valence-electron chi connectivity index (χ1n) is 9.13. The Kier molecular flexibility index (Phi) is 6.40. The molecule has 0 aromatic heterocycles. The zero-order valence-corrected chi connectivity index (χ0v) is 17.1. The number of carboxylic acids is 2. The van der Waals surface area contributed by atoms with Gasteiger partial charge in [-0.3, -0.25) is 19.3 Å². The molecule has 31 heavy (non-hydrogen) atoms. The first-order valence-corrected chi connectivity index (χ1v) is 10.5. The summed E-state index contributed by atoms with van der Waals surface area (Å²) >= 11 is 1.43. The van der Waals surface area contributed by atoms with Crippen LogP contribution in [0.5, 0.6) is 0 Å². The number of benzene rings is 2. The number of imide groups is 1. The van der Waals surface area contributed by atoms with Crippen molar-refractivity contribution in [2.75, 3.05) is 17.3 Å². The molecule has 1 heterocycles. The fraction of sp³-hybridized carbons (Fsp3) is 0.190. The van der Waals surface area contributed by atoms with Gasteiger partial charge in [-0.05, 0) is 48.8 Å². The number of aromatic carboxylic acids is 2. The Balaban J connectivity index is 1.93. The zero-order valence-electron chi connectivity index (χ0n) is 16.3. The van der Waals surface area contributed by atoms with Crippen LogP contribution in [0.3, 0.4) is 0 Å². The van der Waals surface area contributed by atoms with Crippen LogP contribution in [0.1, 0.15) is 47.9 Å². The number of thioether (sulfide) groups is 1. The number of nitrogens with one attached hydrogen (secondary N) is 1. The Morgan fingerprint density at radius 3 is 1.94 bits per heavy atom. The van der Waals surface area contributed by atoms with Gasteiger partial charge < -0.3 is 15.5 Å². The van der Waals surface area contributed by atoms with E-state index in [0.29, 0.717) is 5.75 Å². The van der Waals surface area contributed by atoms with Crippen molar-refractivity contribution in [2.24, 2.45) is 0 Å². The number of nitrogens with zero attached hydrogens (tertiary/aromatic N) is 1. The highest BCUT2D eigenvalue weighted by molar-refractivity contribution is 7.98. The maximum absolute atomic E-state index is 13.0. The van der Waals surface area contributed by atoms with Crippen molar-refractivity contribution < 1.29 is 34.2 Å². The predicted molar refractivity (Wildman–Crippen MR) is 113 cm³/mol. The minimum absolute atomic E-state index is 0.0620. The van der Waals surface area contributed by atoms with E-state index in [2.05, 4.69) is 5.32 Å². The number of amides is 3. The van der Waals surface area contributed by atoms with Crippen molar-refractivity contribution in [1.29, 1.82) is 0 Å². The van der Waals surface area contributed by atoms with Crippen molar-refractivity contribution in [2.45, 2.75) is 12.5 Å². The van der Waals surface area contributed by atoms with E-state index in [0.717, 1.165) is 23.1 Å². The summed E-state index contributed by atoms with van der Waals surface area (Å²) in [5.74, 6) is -4.15. The highest BCUT2D eigenvalue weighted by Crippen LogP contribution is 2.27. The molecule has 160 valence electrons. The Bertz CT molecular complexity index is 1030. The van der Waals surface area contributed by atoms with Gasteiger partial charge in [-0.15, -0.1) is 0 Å². The lowest BCUT2D eigenvalue weighted by Gasteiger charge is -2.25. The zero-order chi connectivity index (χ0) is 22.7. The Labute approximate surface area is 181 Å². The molecule has 3 N–H and O–H groups in total. The van der Waals surface area contributed by atoms with Crippen LogP contribution < -0.4 is 5.32 Å². The first-order chi connectivity index (χ1) is 14.7. The van der Waals surface area contributed by atoms with E-state index in [9.17, 15) is 34.2 Å². The van der Waals surface area contributed by atoms with Crippen molar-refractivity contribution in [3.8, 4) is 0 Å². The molecule has 2 aromatic carbocycles. The third kappa shape index (κ3) is 4.43. The number of hydrogen-bond acceptors (Lipinski definition) is 6. The molecule has 0 fully saturated rings. The number of fused-ring (bicyclic) bond motifs is 1. The molecule has 2 aromatic rings. The van der Waals surface area contributed by atoms with Crippen LogP contribution in [0.15, 0.2) is 42.5 Å². The summed E-state index contributed by atoms with van der Waals surface area (Å²) in [7, 11) is 0. The van der Waals surface area contributed by atoms with Gasteiger partial charge >= 0.3 is 11.9 Å². The summed E-state index contributed by atoms with van der Waals surface area (Å²) in [6.07, 6.45) is 1.98. The second-order valence-corrected chi connectivity index (χ2v) is 7.71. The molecule has 0 radical (unpaired) electrons. The van der Waals surface area contributed by atoms with E-state index in [1.54, 1.807) is 12.1 Å². The monoisotopic (exact) mass is 442 g/mol. The molecule has 0 saturated carbocycles. The molecular formula is C21H18N2O7S. The highest BCUT2D eigenvalue weighted by atomic mass is 32.2. The fourth-order valence-corrected chi connectivity index (χ4v) is 3.73. The average molecular weight is 442 g/mol. The van der Waals surface area contributed by atoms with Crippen LogP contribution >= 0.6 is 11.8 Å². The van der Waals surface area contributed by atoms with Crippen molar-refractivity contribution in [3.63, 3.8) is 0 Å². The predicted octanol–water partition coefficient (Wildman–Crippen LogP) is 2.44. The Hall–Kier alpha value is -3.66. The molecule has 0 aliphatic carbocycles. The smallest absolute Gasteiger partial charge is 0.335 e. The minimum atomic E-state index is -1.36. The summed E-state index contributed by atoms with van der Waals surface area (Å²) in [4.78, 5) is 62.2. The number of carboxylic acid groups (broad SMARTS) is 2. The topological polar surface area (TPSA) is 141 Å². The molecule has 0 saturated heterocycles. The molecular weight excluding hydrogens is 424 g/mol. The summed E-state index contributed by atoms with van der Waals surface area (Å²) in [5, 5.41) is 20.9. The number of rotatable bonds is 8. The molecule has 3 rings (SSSR count). The number of anilines is 1. The van der Waals surface area contributed by atoms with Gasteiger partial charge in [0.05, 0.1) is 22.3 Å². The lowest BCUT2D eigenvalue weighted by Crippen LogP contribution is -2.47. The van der Waals surface area contributed by atoms with Crippen molar-refractivity contribution in [3.05, 3.63) is 64.7 Å². The van der Waals surface area contributed by atoms with Crippen molar-refractivity contribution >= 4 is 47.1 Å². The van der Waals surface area contributed by atoms with Crippen LogP contribution in [0, 0.1) is 0 Å². The van der Waals surface area contributed by atoms with Gasteiger partial charge in [-0.25, -0.2) is 9.59 Å². The number of carbonyl (C=O) groups is 5. The van der Waals surface area contributed by atoms with Gasteiger partial charge in [0.1, 0.15) is 6.04 Å². The molecule has 1 aliphatic heterocycles. The van der Waals surface area contributed by atoms with Crippen LogP contribution in [-0.2, 0) is 4.79 Å². The summed E-state index contributed by atoms with van der Waals surface area (Å²) in [6.45, 7) is 0. The van der Waals surface area contributed by atoms with Crippen LogP contribution in [0.25, 0.3) is 0 Å². The minimum Gasteiger partial charge on any atom is -0.478 e. The van der Waals surface area contributed by atoms with Gasteiger partial charge in [-0.1, -0.05) is 12.1 Å². The van der Waals surface area contributed by atoms with Gasteiger partial charge in [0.2, 0.25) is 5.91 Å². The van der Waals surface area contributed by atoms with Gasteiger partial charge in [0, 0.05) is 5.69 Å². The Morgan fingerprint density at radius 2 is 1.48 bits per heavy atom. The number of carbonyl (C=O) groups excluding carboxylic acids is 3. The molecule has 0 bridgehead atoms. The van der Waals surface area contributed by atoms with E-state index < -0.39 is 35.7 Å². The normalized spacial score (nSPS) is 13.6. The second kappa shape index (κ2) is 9.00. The SMILES string of the molecule is CSCCC(C(=O)Nc1cc(C(=O)O)cc(C(=O)O)c1)N1C(=O)c2ccccc2C1=O. The molecule has 1 aliphatic rings. The van der Waals surface area contributed by atoms with Crippen LogP contribution in [0.2, 0.25) is 0 Å². The van der Waals surface area contributed by atoms with Gasteiger partial charge in [0.15, 0.2) is 0 Å². The fourth-order valence-electron chi connectivity index (χ4n) is 3.27. The van der Waals surface area contributed by atoms with Gasteiger partial charge in [-0.2, -0.15) is 11.8 Å². The van der Waals surface area contributed by atoms with E-state index in [-0.39, 0.29) is 34.4 Å². The number of hydrogen-bond donors (Lipinski definition) is 3. The first kappa shape index (κ1) is 22.0. The van der Waals surface area contributed by atoms with Gasteiger partial charge in [0.25, 0.3) is 11.8 Å². The summed E-state index contributed by atoms with van der Waals surface area (Å²) < 4.78 is 0. The van der Waals surface area contributed by atoms with E-state index in [1.807, 2.05) is 6.26 Å². The molecule has 1 unspecified atom stereocenters. The third-order valence-corrected chi connectivity index (χ3v) is 5.37. The molecule has 3 amide bonds. The lowest BCUT2D eigenvalue weighted by molar-refractivity contribution is -0.120. The second-order valence-electron chi connectivity index (χ2n) is 6.72.